The first-order valence-electron chi connectivity index (χ1n) is 8.95. The van der Waals surface area contributed by atoms with E-state index in [2.05, 4.69) is 39.4 Å². The second-order valence-corrected chi connectivity index (χ2v) is 7.07. The normalized spacial score (nSPS) is 13.5. The van der Waals surface area contributed by atoms with Crippen molar-refractivity contribution in [2.45, 2.75) is 39.5 Å². The second-order valence-electron chi connectivity index (χ2n) is 7.07. The molecule has 1 aromatic heterocycles. The van der Waals surface area contributed by atoms with Gasteiger partial charge in [0.25, 0.3) is 5.56 Å². The Hall–Kier alpha value is -2.82. The maximum Gasteiger partial charge on any atom is 0.254 e. The van der Waals surface area contributed by atoms with Gasteiger partial charge < -0.3 is 15.2 Å². The van der Waals surface area contributed by atoms with Crippen LogP contribution in [0.4, 0.5) is 11.4 Å². The lowest BCUT2D eigenvalue weighted by Crippen LogP contribution is -2.31. The van der Waals surface area contributed by atoms with Gasteiger partial charge in [-0.1, -0.05) is 39.1 Å². The van der Waals surface area contributed by atoms with Crippen LogP contribution in [0, 0.1) is 6.92 Å². The summed E-state index contributed by atoms with van der Waals surface area (Å²) in [6.07, 6.45) is 1.30. The van der Waals surface area contributed by atoms with E-state index >= 15 is 0 Å². The number of benzene rings is 1. The maximum atomic E-state index is 12.4. The second kappa shape index (κ2) is 7.20. The average molecular weight is 350 g/mol. The molecule has 5 nitrogen and oxygen atoms in total. The monoisotopic (exact) mass is 350 g/mol. The van der Waals surface area contributed by atoms with Crippen LogP contribution in [0.2, 0.25) is 0 Å². The minimum absolute atomic E-state index is 0.0425. The van der Waals surface area contributed by atoms with Crippen molar-refractivity contribution in [1.29, 1.82) is 0 Å². The molecular formula is C21H26N4O. The van der Waals surface area contributed by atoms with Crippen molar-refractivity contribution in [1.82, 2.24) is 9.97 Å². The molecule has 0 bridgehead atoms. The molecule has 0 saturated heterocycles. The number of hydrogen-bond donors (Lipinski definition) is 2. The van der Waals surface area contributed by atoms with Crippen LogP contribution in [0.15, 0.2) is 53.6 Å². The molecule has 0 amide bonds. The van der Waals surface area contributed by atoms with Crippen molar-refractivity contribution in [3.63, 3.8) is 0 Å². The molecule has 0 radical (unpaired) electrons. The molecule has 0 saturated carbocycles. The average Bonchev–Trinajstić information content (AvgIpc) is 2.59. The van der Waals surface area contributed by atoms with Gasteiger partial charge in [-0.25, -0.2) is 4.98 Å². The van der Waals surface area contributed by atoms with E-state index in [1.807, 2.05) is 39.0 Å². The van der Waals surface area contributed by atoms with Gasteiger partial charge in [-0.3, -0.25) is 4.79 Å². The Morgan fingerprint density at radius 3 is 2.77 bits per heavy atom. The Balaban J connectivity index is 1.78. The number of nitrogens with zero attached hydrogens (tertiary/aromatic N) is 2. The van der Waals surface area contributed by atoms with Crippen LogP contribution in [0.3, 0.4) is 0 Å². The van der Waals surface area contributed by atoms with Gasteiger partial charge in [0.15, 0.2) is 0 Å². The fourth-order valence-electron chi connectivity index (χ4n) is 3.21. The zero-order chi connectivity index (χ0) is 18.8. The summed E-state index contributed by atoms with van der Waals surface area (Å²) in [5, 5.41) is 3.31. The summed E-state index contributed by atoms with van der Waals surface area (Å²) in [6.45, 7) is 14.9. The van der Waals surface area contributed by atoms with E-state index in [-0.39, 0.29) is 11.5 Å². The van der Waals surface area contributed by atoms with Gasteiger partial charge in [-0.2, -0.15) is 0 Å². The molecule has 1 aliphatic heterocycles. The summed E-state index contributed by atoms with van der Waals surface area (Å²) in [5.74, 6) is 0.941. The van der Waals surface area contributed by atoms with Crippen LogP contribution < -0.4 is 15.8 Å². The number of hydrogen-bond acceptors (Lipinski definition) is 4. The van der Waals surface area contributed by atoms with Gasteiger partial charge in [0.1, 0.15) is 5.82 Å². The first-order chi connectivity index (χ1) is 12.4. The minimum Gasteiger partial charge on any atom is -0.356 e. The molecule has 136 valence electrons. The van der Waals surface area contributed by atoms with E-state index < -0.39 is 0 Å². The molecule has 0 aliphatic carbocycles. The topological polar surface area (TPSA) is 61.0 Å². The van der Waals surface area contributed by atoms with Crippen molar-refractivity contribution in [2.24, 2.45) is 0 Å². The highest BCUT2D eigenvalue weighted by molar-refractivity contribution is 5.77. The molecule has 26 heavy (non-hydrogen) atoms. The summed E-state index contributed by atoms with van der Waals surface area (Å²) < 4.78 is 0. The quantitative estimate of drug-likeness (QED) is 0.852. The van der Waals surface area contributed by atoms with Crippen LogP contribution >= 0.6 is 0 Å². The highest BCUT2D eigenvalue weighted by atomic mass is 16.1. The number of H-pyrrole nitrogens is 1. The minimum atomic E-state index is -0.0425. The van der Waals surface area contributed by atoms with Crippen molar-refractivity contribution in [3.05, 3.63) is 76.3 Å². The Kier molecular flexibility index (Phi) is 4.98. The third-order valence-electron chi connectivity index (χ3n) is 4.69. The predicted octanol–water partition coefficient (Wildman–Crippen LogP) is 4.09. The highest BCUT2D eigenvalue weighted by Crippen LogP contribution is 2.34. The summed E-state index contributed by atoms with van der Waals surface area (Å²) in [4.78, 5) is 22.1. The number of aromatic amines is 1. The van der Waals surface area contributed by atoms with Crippen LogP contribution in [0.25, 0.3) is 0 Å². The molecule has 0 spiro atoms. The zero-order valence-corrected chi connectivity index (χ0v) is 15.7. The maximum absolute atomic E-state index is 12.4. The van der Waals surface area contributed by atoms with Crippen molar-refractivity contribution in [2.75, 3.05) is 16.8 Å². The third-order valence-corrected chi connectivity index (χ3v) is 4.69. The largest absolute Gasteiger partial charge is 0.356 e. The van der Waals surface area contributed by atoms with Gasteiger partial charge in [0.05, 0.1) is 17.9 Å². The van der Waals surface area contributed by atoms with Gasteiger partial charge >= 0.3 is 0 Å². The third kappa shape index (κ3) is 3.57. The predicted molar refractivity (Wildman–Crippen MR) is 108 cm³/mol. The van der Waals surface area contributed by atoms with Gasteiger partial charge in [-0.15, -0.1) is 0 Å². The molecular weight excluding hydrogens is 324 g/mol. The summed E-state index contributed by atoms with van der Waals surface area (Å²) >= 11 is 0. The summed E-state index contributed by atoms with van der Waals surface area (Å²) in [6, 6.07) is 8.11. The summed E-state index contributed by atoms with van der Waals surface area (Å²) in [7, 11) is 0. The van der Waals surface area contributed by atoms with E-state index in [1.54, 1.807) is 0 Å². The summed E-state index contributed by atoms with van der Waals surface area (Å²) in [5.41, 5.74) is 5.51. The van der Waals surface area contributed by atoms with Crippen LogP contribution in [0.1, 0.15) is 43.3 Å². The lowest BCUT2D eigenvalue weighted by atomic mass is 10.1. The lowest BCUT2D eigenvalue weighted by Gasteiger charge is -2.34. The molecule has 0 unspecified atom stereocenters. The number of aryl methyl sites for hydroxylation is 1. The molecule has 1 aliphatic rings. The first-order valence-corrected chi connectivity index (χ1v) is 8.95. The first kappa shape index (κ1) is 18.0. The van der Waals surface area contributed by atoms with Crippen molar-refractivity contribution >= 4 is 11.4 Å². The number of para-hydroxylation sites is 2. The molecule has 3 rings (SSSR count). The molecule has 0 atom stereocenters. The number of rotatable bonds is 5. The molecule has 2 heterocycles. The fraction of sp³-hybridized carbons (Fsp3) is 0.333. The van der Waals surface area contributed by atoms with Crippen molar-refractivity contribution < 1.29 is 0 Å². The molecule has 0 fully saturated rings. The van der Waals surface area contributed by atoms with Crippen LogP contribution in [-0.4, -0.2) is 16.5 Å². The van der Waals surface area contributed by atoms with Gasteiger partial charge in [-0.05, 0) is 31.9 Å². The Labute approximate surface area is 154 Å². The van der Waals surface area contributed by atoms with E-state index in [0.29, 0.717) is 19.4 Å². The van der Waals surface area contributed by atoms with Gasteiger partial charge in [0, 0.05) is 28.6 Å². The number of nitrogens with one attached hydrogen (secondary N) is 2. The smallest absolute Gasteiger partial charge is 0.254 e. The van der Waals surface area contributed by atoms with E-state index in [1.165, 1.54) is 0 Å². The Morgan fingerprint density at radius 2 is 2.08 bits per heavy atom. The number of allylic oxidation sites excluding steroid dienone is 1. The van der Waals surface area contributed by atoms with E-state index in [0.717, 1.165) is 39.9 Å². The van der Waals surface area contributed by atoms with Crippen LogP contribution in [0.5, 0.6) is 0 Å². The van der Waals surface area contributed by atoms with E-state index in [9.17, 15) is 4.79 Å². The molecule has 2 N–H and O–H groups in total. The molecule has 5 heteroatoms. The van der Waals surface area contributed by atoms with Crippen molar-refractivity contribution in [3.8, 4) is 0 Å². The Morgan fingerprint density at radius 1 is 1.35 bits per heavy atom. The number of fused-ring (bicyclic) bond motifs is 1. The van der Waals surface area contributed by atoms with E-state index in [4.69, 9.17) is 0 Å². The number of anilines is 2. The Bertz CT molecular complexity index is 910. The number of aromatic nitrogens is 2. The van der Waals surface area contributed by atoms with Crippen LogP contribution in [-0.2, 0) is 6.42 Å². The zero-order valence-electron chi connectivity index (χ0n) is 15.7. The molecule has 2 aromatic rings. The SMILES string of the molecule is C=C1CN(C(=C)CCc2c(C)nc(C(C)C)[nH]c2=O)c2ccccc2N1. The highest BCUT2D eigenvalue weighted by Gasteiger charge is 2.21. The van der Waals surface area contributed by atoms with Gasteiger partial charge in [0.2, 0.25) is 0 Å². The lowest BCUT2D eigenvalue weighted by molar-refractivity contribution is 0.739. The fourth-order valence-corrected chi connectivity index (χ4v) is 3.21. The molecule has 1 aromatic carbocycles. The standard InChI is InChI=1S/C21H26N4O/c1-13(2)20-23-16(5)17(21(26)24-20)11-10-15(4)25-12-14(3)22-18-8-6-7-9-19(18)25/h6-9,13,22H,3-4,10-12H2,1-2,5H3,(H,23,24,26).